The van der Waals surface area contributed by atoms with Crippen LogP contribution in [0.1, 0.15) is 41.3 Å². The molecule has 6 nitrogen and oxygen atoms in total. The lowest BCUT2D eigenvalue weighted by Crippen LogP contribution is -2.40. The second-order valence-corrected chi connectivity index (χ2v) is 7.81. The van der Waals surface area contributed by atoms with Crippen LogP contribution in [-0.4, -0.2) is 34.2 Å². The summed E-state index contributed by atoms with van der Waals surface area (Å²) < 4.78 is 5.52. The Morgan fingerprint density at radius 1 is 1.03 bits per heavy atom. The highest BCUT2D eigenvalue weighted by Crippen LogP contribution is 2.29. The van der Waals surface area contributed by atoms with Gasteiger partial charge < -0.3 is 14.7 Å². The Morgan fingerprint density at radius 3 is 2.45 bits per heavy atom. The van der Waals surface area contributed by atoms with Crippen LogP contribution >= 0.6 is 0 Å². The third-order valence-corrected chi connectivity index (χ3v) is 5.64. The Labute approximate surface area is 170 Å². The third kappa shape index (κ3) is 4.31. The maximum Gasteiger partial charge on any atom is 0.321 e. The van der Waals surface area contributed by atoms with Crippen molar-refractivity contribution in [3.63, 3.8) is 0 Å². The van der Waals surface area contributed by atoms with Crippen LogP contribution in [0.2, 0.25) is 0 Å². The lowest BCUT2D eigenvalue weighted by molar-refractivity contribution is 0.187. The van der Waals surface area contributed by atoms with Crippen LogP contribution in [0.25, 0.3) is 11.4 Å². The molecular weight excluding hydrogens is 364 g/mol. The molecule has 1 fully saturated rings. The van der Waals surface area contributed by atoms with Crippen molar-refractivity contribution in [3.05, 3.63) is 65.0 Å². The molecule has 29 heavy (non-hydrogen) atoms. The van der Waals surface area contributed by atoms with Crippen molar-refractivity contribution in [1.82, 2.24) is 15.0 Å². The lowest BCUT2D eigenvalue weighted by Gasteiger charge is -2.30. The molecule has 2 heterocycles. The van der Waals surface area contributed by atoms with Crippen LogP contribution in [0.15, 0.2) is 47.0 Å². The topological polar surface area (TPSA) is 71.3 Å². The standard InChI is InChI=1S/C23H26N4O2/c1-15-4-7-18(8-5-15)21-25-22(29-26-21)19-10-12-27(13-11-19)23(28)24-20-9-6-16(2)17(3)14-20/h4-9,14,19H,10-13H2,1-3H3,(H,24,28). The van der Waals surface area contributed by atoms with E-state index in [9.17, 15) is 4.79 Å². The summed E-state index contributed by atoms with van der Waals surface area (Å²) in [6.45, 7) is 7.50. The number of carbonyl (C=O) groups is 1. The molecule has 0 aliphatic carbocycles. The van der Waals surface area contributed by atoms with Gasteiger partial charge in [-0.25, -0.2) is 4.79 Å². The predicted molar refractivity (Wildman–Crippen MR) is 113 cm³/mol. The molecular formula is C23H26N4O2. The molecule has 2 amide bonds. The molecule has 1 saturated heterocycles. The van der Waals surface area contributed by atoms with Gasteiger partial charge >= 0.3 is 6.03 Å². The van der Waals surface area contributed by atoms with Gasteiger partial charge in [0.2, 0.25) is 11.7 Å². The minimum absolute atomic E-state index is 0.0578. The van der Waals surface area contributed by atoms with E-state index in [0.717, 1.165) is 24.1 Å². The van der Waals surface area contributed by atoms with Crippen molar-refractivity contribution < 1.29 is 9.32 Å². The first-order chi connectivity index (χ1) is 14.0. The lowest BCUT2D eigenvalue weighted by atomic mass is 9.97. The van der Waals surface area contributed by atoms with Crippen LogP contribution < -0.4 is 5.32 Å². The van der Waals surface area contributed by atoms with Crippen molar-refractivity contribution in [2.75, 3.05) is 18.4 Å². The van der Waals surface area contributed by atoms with E-state index in [2.05, 4.69) is 29.3 Å². The zero-order valence-electron chi connectivity index (χ0n) is 17.1. The number of hydrogen-bond donors (Lipinski definition) is 1. The van der Waals surface area contributed by atoms with Crippen LogP contribution in [0.5, 0.6) is 0 Å². The van der Waals surface area contributed by atoms with Gasteiger partial charge in [-0.15, -0.1) is 0 Å². The average molecular weight is 390 g/mol. The Kier molecular flexibility index (Phi) is 5.34. The number of urea groups is 1. The van der Waals surface area contributed by atoms with E-state index in [1.807, 2.05) is 54.3 Å². The molecule has 4 rings (SSSR count). The fourth-order valence-corrected chi connectivity index (χ4v) is 3.57. The minimum atomic E-state index is -0.0578. The first-order valence-corrected chi connectivity index (χ1v) is 10.0. The summed E-state index contributed by atoms with van der Waals surface area (Å²) in [6, 6.07) is 14.0. The summed E-state index contributed by atoms with van der Waals surface area (Å²) in [6.07, 6.45) is 1.63. The van der Waals surface area contributed by atoms with E-state index in [1.165, 1.54) is 16.7 Å². The maximum absolute atomic E-state index is 12.6. The number of hydrogen-bond acceptors (Lipinski definition) is 4. The molecule has 1 aliphatic heterocycles. The van der Waals surface area contributed by atoms with Crippen LogP contribution in [0, 0.1) is 20.8 Å². The highest BCUT2D eigenvalue weighted by Gasteiger charge is 2.27. The summed E-state index contributed by atoms with van der Waals surface area (Å²) in [5.41, 5.74) is 5.37. The molecule has 0 saturated carbocycles. The van der Waals surface area contributed by atoms with Crippen molar-refractivity contribution in [2.24, 2.45) is 0 Å². The molecule has 0 spiro atoms. The Bertz CT molecular complexity index is 1000. The zero-order valence-corrected chi connectivity index (χ0v) is 17.1. The number of anilines is 1. The Balaban J connectivity index is 1.35. The highest BCUT2D eigenvalue weighted by atomic mass is 16.5. The number of carbonyl (C=O) groups excluding carboxylic acids is 1. The molecule has 0 unspecified atom stereocenters. The predicted octanol–water partition coefficient (Wildman–Crippen LogP) is 5.07. The number of aromatic nitrogens is 2. The van der Waals surface area contributed by atoms with Gasteiger partial charge in [0.05, 0.1) is 0 Å². The highest BCUT2D eigenvalue weighted by molar-refractivity contribution is 5.89. The molecule has 150 valence electrons. The molecule has 1 aliphatic rings. The van der Waals surface area contributed by atoms with Gasteiger partial charge in [-0.2, -0.15) is 4.98 Å². The van der Waals surface area contributed by atoms with Crippen molar-refractivity contribution in [2.45, 2.75) is 39.5 Å². The number of likely N-dealkylation sites (tertiary alicyclic amines) is 1. The van der Waals surface area contributed by atoms with E-state index in [0.29, 0.717) is 24.8 Å². The fraction of sp³-hybridized carbons (Fsp3) is 0.348. The quantitative estimate of drug-likeness (QED) is 0.677. The number of aryl methyl sites for hydroxylation is 3. The smallest absolute Gasteiger partial charge is 0.321 e. The minimum Gasteiger partial charge on any atom is -0.339 e. The maximum atomic E-state index is 12.6. The largest absolute Gasteiger partial charge is 0.339 e. The van der Waals surface area contributed by atoms with Gasteiger partial charge in [0, 0.05) is 30.3 Å². The number of piperidine rings is 1. The SMILES string of the molecule is Cc1ccc(-c2noc(C3CCN(C(=O)Nc4ccc(C)c(C)c4)CC3)n2)cc1. The van der Waals surface area contributed by atoms with Crippen molar-refractivity contribution in [1.29, 1.82) is 0 Å². The third-order valence-electron chi connectivity index (χ3n) is 5.64. The second-order valence-electron chi connectivity index (χ2n) is 7.81. The van der Waals surface area contributed by atoms with Gasteiger partial charge in [0.1, 0.15) is 0 Å². The zero-order chi connectivity index (χ0) is 20.4. The molecule has 1 aromatic heterocycles. The molecule has 1 N–H and O–H groups in total. The number of nitrogens with zero attached hydrogens (tertiary/aromatic N) is 3. The van der Waals surface area contributed by atoms with Gasteiger partial charge in [-0.3, -0.25) is 0 Å². The summed E-state index contributed by atoms with van der Waals surface area (Å²) in [4.78, 5) is 19.0. The van der Waals surface area contributed by atoms with E-state index < -0.39 is 0 Å². The number of benzene rings is 2. The molecule has 0 bridgehead atoms. The number of rotatable bonds is 3. The number of nitrogens with one attached hydrogen (secondary N) is 1. The first kappa shape index (κ1) is 19.2. The number of amides is 2. The van der Waals surface area contributed by atoms with E-state index in [1.54, 1.807) is 0 Å². The molecule has 0 atom stereocenters. The van der Waals surface area contributed by atoms with Crippen LogP contribution in [0.4, 0.5) is 10.5 Å². The van der Waals surface area contributed by atoms with Crippen molar-refractivity contribution in [3.8, 4) is 11.4 Å². The molecule has 0 radical (unpaired) electrons. The average Bonchev–Trinajstić information content (AvgIpc) is 3.21. The normalized spacial score (nSPS) is 14.8. The fourth-order valence-electron chi connectivity index (χ4n) is 3.57. The summed E-state index contributed by atoms with van der Waals surface area (Å²) >= 11 is 0. The molecule has 6 heteroatoms. The monoisotopic (exact) mass is 390 g/mol. The summed E-state index contributed by atoms with van der Waals surface area (Å²) in [7, 11) is 0. The molecule has 2 aromatic carbocycles. The van der Waals surface area contributed by atoms with Crippen molar-refractivity contribution >= 4 is 11.7 Å². The van der Waals surface area contributed by atoms with Gasteiger partial charge in [0.25, 0.3) is 0 Å². The Morgan fingerprint density at radius 2 is 1.76 bits per heavy atom. The first-order valence-electron chi connectivity index (χ1n) is 10.0. The van der Waals surface area contributed by atoms with Gasteiger partial charge in [0.15, 0.2) is 0 Å². The van der Waals surface area contributed by atoms with E-state index in [-0.39, 0.29) is 11.9 Å². The van der Waals surface area contributed by atoms with E-state index in [4.69, 9.17) is 4.52 Å². The summed E-state index contributed by atoms with van der Waals surface area (Å²) in [5, 5.41) is 7.14. The summed E-state index contributed by atoms with van der Waals surface area (Å²) in [5.74, 6) is 1.47. The van der Waals surface area contributed by atoms with Gasteiger partial charge in [-0.05, 0) is 56.9 Å². The Hall–Kier alpha value is -3.15. The van der Waals surface area contributed by atoms with Crippen LogP contribution in [-0.2, 0) is 0 Å². The van der Waals surface area contributed by atoms with Crippen LogP contribution in [0.3, 0.4) is 0 Å². The van der Waals surface area contributed by atoms with E-state index >= 15 is 0 Å². The molecule has 3 aromatic rings. The van der Waals surface area contributed by atoms with Gasteiger partial charge in [-0.1, -0.05) is 41.1 Å². The second kappa shape index (κ2) is 8.07.